The Morgan fingerprint density at radius 1 is 1.50 bits per heavy atom. The van der Waals surface area contributed by atoms with Crippen LogP contribution in [-0.2, 0) is 4.74 Å². The predicted molar refractivity (Wildman–Crippen MR) is 58.9 cm³/mol. The maximum Gasteiger partial charge on any atom is 0.114 e. The van der Waals surface area contributed by atoms with Crippen LogP contribution in [0.2, 0.25) is 0 Å². The van der Waals surface area contributed by atoms with E-state index in [-0.39, 0.29) is 0 Å². The van der Waals surface area contributed by atoms with Gasteiger partial charge in [-0.25, -0.2) is 0 Å². The SMILES string of the molecule is COCCNCCSc1ccoc1C. The molecule has 0 saturated carbocycles. The normalized spacial score (nSPS) is 10.7. The highest BCUT2D eigenvalue weighted by Gasteiger charge is 2.00. The zero-order chi connectivity index (χ0) is 10.2. The van der Waals surface area contributed by atoms with Crippen molar-refractivity contribution in [1.29, 1.82) is 0 Å². The van der Waals surface area contributed by atoms with E-state index in [1.165, 1.54) is 4.90 Å². The van der Waals surface area contributed by atoms with E-state index in [4.69, 9.17) is 9.15 Å². The number of hydrogen-bond acceptors (Lipinski definition) is 4. The Balaban J connectivity index is 2.02. The molecule has 0 aliphatic carbocycles. The second-order valence-electron chi connectivity index (χ2n) is 2.93. The summed E-state index contributed by atoms with van der Waals surface area (Å²) in [4.78, 5) is 1.23. The summed E-state index contributed by atoms with van der Waals surface area (Å²) in [6, 6.07) is 2.01. The van der Waals surface area contributed by atoms with Gasteiger partial charge in [0.05, 0.1) is 12.9 Å². The van der Waals surface area contributed by atoms with Crippen LogP contribution in [0.25, 0.3) is 0 Å². The fraction of sp³-hybridized carbons (Fsp3) is 0.600. The van der Waals surface area contributed by atoms with Crippen LogP contribution in [0.3, 0.4) is 0 Å². The van der Waals surface area contributed by atoms with Crippen molar-refractivity contribution in [1.82, 2.24) is 5.32 Å². The number of ether oxygens (including phenoxy) is 1. The molecule has 1 rings (SSSR count). The summed E-state index contributed by atoms with van der Waals surface area (Å²) < 4.78 is 10.1. The van der Waals surface area contributed by atoms with E-state index in [2.05, 4.69) is 5.32 Å². The molecule has 14 heavy (non-hydrogen) atoms. The van der Waals surface area contributed by atoms with Crippen molar-refractivity contribution in [2.75, 3.05) is 32.6 Å². The summed E-state index contributed by atoms with van der Waals surface area (Å²) in [6.07, 6.45) is 1.73. The van der Waals surface area contributed by atoms with E-state index in [9.17, 15) is 0 Å². The number of furan rings is 1. The molecule has 1 N–H and O–H groups in total. The van der Waals surface area contributed by atoms with Crippen molar-refractivity contribution in [2.24, 2.45) is 0 Å². The number of methoxy groups -OCH3 is 1. The van der Waals surface area contributed by atoms with Crippen molar-refractivity contribution in [2.45, 2.75) is 11.8 Å². The number of aryl methyl sites for hydroxylation is 1. The molecular formula is C10H17NO2S. The van der Waals surface area contributed by atoms with Crippen molar-refractivity contribution >= 4 is 11.8 Å². The molecule has 0 fully saturated rings. The van der Waals surface area contributed by atoms with Gasteiger partial charge in [0, 0.05) is 30.8 Å². The number of hydrogen-bond donors (Lipinski definition) is 1. The van der Waals surface area contributed by atoms with Crippen LogP contribution >= 0.6 is 11.8 Å². The van der Waals surface area contributed by atoms with Gasteiger partial charge in [0.2, 0.25) is 0 Å². The van der Waals surface area contributed by atoms with Gasteiger partial charge < -0.3 is 14.5 Å². The van der Waals surface area contributed by atoms with Crippen LogP contribution in [0.5, 0.6) is 0 Å². The molecule has 0 saturated heterocycles. The van der Waals surface area contributed by atoms with Crippen LogP contribution in [0.1, 0.15) is 5.76 Å². The quantitative estimate of drug-likeness (QED) is 0.556. The van der Waals surface area contributed by atoms with Crippen molar-refractivity contribution in [3.05, 3.63) is 18.1 Å². The third-order valence-corrected chi connectivity index (χ3v) is 2.97. The van der Waals surface area contributed by atoms with Gasteiger partial charge in [0.1, 0.15) is 5.76 Å². The Bertz CT molecular complexity index is 250. The summed E-state index contributed by atoms with van der Waals surface area (Å²) in [5, 5.41) is 3.29. The summed E-state index contributed by atoms with van der Waals surface area (Å²) in [7, 11) is 1.71. The van der Waals surface area contributed by atoms with Crippen LogP contribution in [-0.4, -0.2) is 32.6 Å². The Labute approximate surface area is 89.2 Å². The van der Waals surface area contributed by atoms with Gasteiger partial charge in [0.25, 0.3) is 0 Å². The molecule has 80 valence electrons. The third-order valence-electron chi connectivity index (χ3n) is 1.83. The average molecular weight is 215 g/mol. The summed E-state index contributed by atoms with van der Waals surface area (Å²) >= 11 is 1.81. The first-order valence-corrected chi connectivity index (χ1v) is 5.69. The molecule has 1 aromatic heterocycles. The molecule has 0 aromatic carbocycles. The van der Waals surface area contributed by atoms with E-state index in [1.54, 1.807) is 13.4 Å². The molecule has 0 aliphatic rings. The zero-order valence-electron chi connectivity index (χ0n) is 8.71. The highest BCUT2D eigenvalue weighted by Crippen LogP contribution is 2.22. The Kier molecular flexibility index (Phi) is 5.75. The molecule has 0 amide bonds. The van der Waals surface area contributed by atoms with Gasteiger partial charge in [-0.1, -0.05) is 0 Å². The van der Waals surface area contributed by atoms with E-state index in [1.807, 2.05) is 24.8 Å². The van der Waals surface area contributed by atoms with Gasteiger partial charge >= 0.3 is 0 Å². The van der Waals surface area contributed by atoms with Gasteiger partial charge in [-0.15, -0.1) is 11.8 Å². The molecule has 4 heteroatoms. The lowest BCUT2D eigenvalue weighted by Gasteiger charge is -2.02. The van der Waals surface area contributed by atoms with Crippen molar-refractivity contribution in [3.63, 3.8) is 0 Å². The lowest BCUT2D eigenvalue weighted by atomic mass is 10.5. The van der Waals surface area contributed by atoms with E-state index < -0.39 is 0 Å². The molecule has 0 aliphatic heterocycles. The molecule has 1 heterocycles. The smallest absolute Gasteiger partial charge is 0.114 e. The van der Waals surface area contributed by atoms with E-state index >= 15 is 0 Å². The number of thioether (sulfide) groups is 1. The Morgan fingerprint density at radius 2 is 2.36 bits per heavy atom. The highest BCUT2D eigenvalue weighted by atomic mass is 32.2. The van der Waals surface area contributed by atoms with E-state index in [0.717, 1.165) is 31.2 Å². The van der Waals surface area contributed by atoms with Crippen LogP contribution in [0.4, 0.5) is 0 Å². The minimum Gasteiger partial charge on any atom is -0.468 e. The predicted octanol–water partition coefficient (Wildman–Crippen LogP) is 1.92. The topological polar surface area (TPSA) is 34.4 Å². The lowest BCUT2D eigenvalue weighted by molar-refractivity contribution is 0.200. The van der Waals surface area contributed by atoms with Crippen molar-refractivity contribution < 1.29 is 9.15 Å². The maximum atomic E-state index is 5.20. The first-order valence-electron chi connectivity index (χ1n) is 4.71. The lowest BCUT2D eigenvalue weighted by Crippen LogP contribution is -2.21. The number of nitrogens with one attached hydrogen (secondary N) is 1. The number of rotatable bonds is 7. The first kappa shape index (κ1) is 11.6. The molecule has 0 spiro atoms. The van der Waals surface area contributed by atoms with Crippen molar-refractivity contribution in [3.8, 4) is 0 Å². The summed E-state index contributed by atoms with van der Waals surface area (Å²) in [5.74, 6) is 2.07. The zero-order valence-corrected chi connectivity index (χ0v) is 9.52. The fourth-order valence-electron chi connectivity index (χ4n) is 1.06. The Morgan fingerprint density at radius 3 is 3.00 bits per heavy atom. The van der Waals surface area contributed by atoms with Crippen LogP contribution < -0.4 is 5.32 Å². The second-order valence-corrected chi connectivity index (χ2v) is 4.07. The Hall–Kier alpha value is -0.450. The van der Waals surface area contributed by atoms with Gasteiger partial charge in [-0.05, 0) is 13.0 Å². The minimum absolute atomic E-state index is 0.773. The standard InChI is InChI=1S/C10H17NO2S/c1-9-10(3-6-13-9)14-8-5-11-4-7-12-2/h3,6,11H,4-5,7-8H2,1-2H3. The molecule has 0 bridgehead atoms. The van der Waals surface area contributed by atoms with Gasteiger partial charge in [-0.2, -0.15) is 0 Å². The van der Waals surface area contributed by atoms with Gasteiger partial charge in [-0.3, -0.25) is 0 Å². The second kappa shape index (κ2) is 6.92. The monoisotopic (exact) mass is 215 g/mol. The van der Waals surface area contributed by atoms with Crippen LogP contribution in [0.15, 0.2) is 21.6 Å². The first-order chi connectivity index (χ1) is 6.84. The third kappa shape index (κ3) is 4.17. The summed E-state index contributed by atoms with van der Waals surface area (Å²) in [6.45, 7) is 4.68. The molecular weight excluding hydrogens is 198 g/mol. The average Bonchev–Trinajstić information content (AvgIpc) is 2.58. The fourth-order valence-corrected chi connectivity index (χ4v) is 1.92. The highest BCUT2D eigenvalue weighted by molar-refractivity contribution is 7.99. The van der Waals surface area contributed by atoms with E-state index in [0.29, 0.717) is 0 Å². The molecule has 0 unspecified atom stereocenters. The van der Waals surface area contributed by atoms with Gasteiger partial charge in [0.15, 0.2) is 0 Å². The molecule has 0 radical (unpaired) electrons. The maximum absolute atomic E-state index is 5.20. The largest absolute Gasteiger partial charge is 0.468 e. The minimum atomic E-state index is 0.773. The summed E-state index contributed by atoms with van der Waals surface area (Å²) in [5.41, 5.74) is 0. The molecule has 3 nitrogen and oxygen atoms in total. The molecule has 0 atom stereocenters. The van der Waals surface area contributed by atoms with Crippen LogP contribution in [0, 0.1) is 6.92 Å². The molecule has 1 aromatic rings.